The van der Waals surface area contributed by atoms with Crippen molar-refractivity contribution in [2.45, 2.75) is 0 Å². The van der Waals surface area contributed by atoms with E-state index in [2.05, 4.69) is 10.3 Å². The summed E-state index contributed by atoms with van der Waals surface area (Å²) in [7, 11) is 0. The van der Waals surface area contributed by atoms with Gasteiger partial charge in [-0.25, -0.2) is 4.98 Å². The summed E-state index contributed by atoms with van der Waals surface area (Å²) in [6.07, 6.45) is 5.44. The molecule has 5 nitrogen and oxygen atoms in total. The Kier molecular flexibility index (Phi) is 6.71. The van der Waals surface area contributed by atoms with E-state index in [9.17, 15) is 9.59 Å². The summed E-state index contributed by atoms with van der Waals surface area (Å²) in [6.45, 7) is -0.148. The standard InChI is InChI=1S/C23H17N3O2S3/c27-20(25-22-24-18(15-30-22)17-11-5-2-6-12-17)14-26-21(28)19(31-23(26)29)13-7-10-16-8-3-1-4-9-16/h1-13,15H,14H2,(H,24,25,27)/b10-7+,19-13-. The number of carbonyl (C=O) groups excluding carboxylic acids is 2. The summed E-state index contributed by atoms with van der Waals surface area (Å²) in [4.78, 5) is 31.4. The SMILES string of the molecule is O=C(CN1C(=O)/C(=C/C=C/c2ccccc2)SC1=S)Nc1nc(-c2ccccc2)cs1. The number of thiazole rings is 1. The fraction of sp³-hybridized carbons (Fsp3) is 0.0435. The lowest BCUT2D eigenvalue weighted by Crippen LogP contribution is -2.36. The molecule has 0 saturated carbocycles. The molecule has 0 atom stereocenters. The Morgan fingerprint density at radius 3 is 2.55 bits per heavy atom. The van der Waals surface area contributed by atoms with E-state index in [0.29, 0.717) is 14.4 Å². The Balaban J connectivity index is 1.37. The number of benzene rings is 2. The van der Waals surface area contributed by atoms with Crippen molar-refractivity contribution in [2.24, 2.45) is 0 Å². The van der Waals surface area contributed by atoms with Crippen molar-refractivity contribution in [3.05, 3.63) is 88.7 Å². The van der Waals surface area contributed by atoms with Gasteiger partial charge in [0.1, 0.15) is 10.9 Å². The fourth-order valence-corrected chi connectivity index (χ4v) is 4.78. The third-order valence-corrected chi connectivity index (χ3v) is 6.48. The third kappa shape index (κ3) is 5.35. The van der Waals surface area contributed by atoms with E-state index >= 15 is 0 Å². The summed E-state index contributed by atoms with van der Waals surface area (Å²) in [5.41, 5.74) is 2.80. The first-order chi connectivity index (χ1) is 15.1. The molecule has 1 aromatic heterocycles. The molecule has 2 heterocycles. The van der Waals surface area contributed by atoms with Gasteiger partial charge in [-0.05, 0) is 11.6 Å². The number of thiocarbonyl (C=S) groups is 1. The maximum absolute atomic E-state index is 12.7. The van der Waals surface area contributed by atoms with Gasteiger partial charge in [-0.1, -0.05) is 96.8 Å². The molecule has 0 unspecified atom stereocenters. The molecule has 2 aromatic carbocycles. The number of hydrogen-bond donors (Lipinski definition) is 1. The van der Waals surface area contributed by atoms with Crippen molar-refractivity contribution in [3.63, 3.8) is 0 Å². The lowest BCUT2D eigenvalue weighted by atomic mass is 10.2. The molecule has 1 fully saturated rings. The van der Waals surface area contributed by atoms with E-state index in [4.69, 9.17) is 12.2 Å². The molecule has 0 radical (unpaired) electrons. The molecule has 0 aliphatic carbocycles. The molecule has 8 heteroatoms. The second kappa shape index (κ2) is 9.82. The maximum Gasteiger partial charge on any atom is 0.266 e. The van der Waals surface area contributed by atoms with Crippen molar-refractivity contribution in [1.29, 1.82) is 0 Å². The van der Waals surface area contributed by atoms with Gasteiger partial charge >= 0.3 is 0 Å². The Bertz CT molecular complexity index is 1170. The molecule has 1 aliphatic rings. The Morgan fingerprint density at radius 2 is 1.81 bits per heavy atom. The Morgan fingerprint density at radius 1 is 1.10 bits per heavy atom. The van der Waals surface area contributed by atoms with Crippen LogP contribution >= 0.6 is 35.3 Å². The summed E-state index contributed by atoms with van der Waals surface area (Å²) in [5, 5.41) is 5.12. The lowest BCUT2D eigenvalue weighted by Gasteiger charge is -2.13. The summed E-state index contributed by atoms with van der Waals surface area (Å²) < 4.78 is 0.364. The third-order valence-electron chi connectivity index (χ3n) is 4.33. The molecular weight excluding hydrogens is 446 g/mol. The number of hydrogen-bond acceptors (Lipinski definition) is 6. The van der Waals surface area contributed by atoms with Gasteiger partial charge in [0.25, 0.3) is 5.91 Å². The zero-order valence-corrected chi connectivity index (χ0v) is 18.7. The smallest absolute Gasteiger partial charge is 0.266 e. The molecule has 3 aromatic rings. The number of rotatable bonds is 6. The highest BCUT2D eigenvalue weighted by Gasteiger charge is 2.33. The predicted molar refractivity (Wildman–Crippen MR) is 132 cm³/mol. The molecule has 1 saturated heterocycles. The molecule has 31 heavy (non-hydrogen) atoms. The topological polar surface area (TPSA) is 62.3 Å². The predicted octanol–water partition coefficient (Wildman–Crippen LogP) is 5.21. The van der Waals surface area contributed by atoms with Crippen molar-refractivity contribution in [2.75, 3.05) is 11.9 Å². The summed E-state index contributed by atoms with van der Waals surface area (Å²) >= 11 is 7.83. The first kappa shape index (κ1) is 21.2. The van der Waals surface area contributed by atoms with Gasteiger partial charge in [-0.3, -0.25) is 14.5 Å². The van der Waals surface area contributed by atoms with Crippen LogP contribution in [0.5, 0.6) is 0 Å². The summed E-state index contributed by atoms with van der Waals surface area (Å²) in [6, 6.07) is 19.5. The van der Waals surface area contributed by atoms with Gasteiger partial charge in [0.2, 0.25) is 5.91 Å². The highest BCUT2D eigenvalue weighted by molar-refractivity contribution is 8.26. The normalized spacial score (nSPS) is 15.2. The van der Waals surface area contributed by atoms with Crippen LogP contribution in [0.25, 0.3) is 17.3 Å². The number of carbonyl (C=O) groups is 2. The van der Waals surface area contributed by atoms with Crippen LogP contribution in [-0.4, -0.2) is 32.6 Å². The number of anilines is 1. The van der Waals surface area contributed by atoms with Crippen molar-refractivity contribution in [1.82, 2.24) is 9.88 Å². The van der Waals surface area contributed by atoms with E-state index < -0.39 is 0 Å². The molecule has 0 spiro atoms. The Labute approximate surface area is 193 Å². The van der Waals surface area contributed by atoms with Crippen LogP contribution in [0, 0.1) is 0 Å². The average molecular weight is 464 g/mol. The Hall–Kier alpha value is -3.07. The fourth-order valence-electron chi connectivity index (χ4n) is 2.84. The molecule has 0 bridgehead atoms. The highest BCUT2D eigenvalue weighted by atomic mass is 32.2. The highest BCUT2D eigenvalue weighted by Crippen LogP contribution is 2.31. The molecule has 2 amide bonds. The van der Waals surface area contributed by atoms with Crippen molar-refractivity contribution < 1.29 is 9.59 Å². The van der Waals surface area contributed by atoms with Gasteiger partial charge in [0.15, 0.2) is 5.13 Å². The second-order valence-corrected chi connectivity index (χ2v) is 9.05. The average Bonchev–Trinajstić information content (AvgIpc) is 3.35. The summed E-state index contributed by atoms with van der Waals surface area (Å²) in [5.74, 6) is -0.613. The van der Waals surface area contributed by atoms with E-state index in [1.807, 2.05) is 78.2 Å². The van der Waals surface area contributed by atoms with Crippen molar-refractivity contribution in [3.8, 4) is 11.3 Å². The number of nitrogens with zero attached hydrogens (tertiary/aromatic N) is 2. The van der Waals surface area contributed by atoms with Gasteiger partial charge in [0.05, 0.1) is 10.6 Å². The van der Waals surface area contributed by atoms with E-state index in [1.54, 1.807) is 6.08 Å². The van der Waals surface area contributed by atoms with Crippen LogP contribution in [0.2, 0.25) is 0 Å². The van der Waals surface area contributed by atoms with E-state index in [0.717, 1.165) is 16.8 Å². The second-order valence-electron chi connectivity index (χ2n) is 6.51. The number of amides is 2. The minimum absolute atomic E-state index is 0.148. The van der Waals surface area contributed by atoms with Crippen LogP contribution in [0.3, 0.4) is 0 Å². The van der Waals surface area contributed by atoms with Crippen LogP contribution < -0.4 is 5.32 Å². The molecular formula is C23H17N3O2S3. The largest absolute Gasteiger partial charge is 0.300 e. The zero-order valence-electron chi connectivity index (χ0n) is 16.2. The number of thioether (sulfide) groups is 1. The van der Waals surface area contributed by atoms with E-state index in [-0.39, 0.29) is 18.4 Å². The van der Waals surface area contributed by atoms with Crippen LogP contribution in [0.4, 0.5) is 5.13 Å². The quantitative estimate of drug-likeness (QED) is 0.402. The first-order valence-electron chi connectivity index (χ1n) is 9.38. The monoisotopic (exact) mass is 463 g/mol. The minimum Gasteiger partial charge on any atom is -0.300 e. The van der Waals surface area contributed by atoms with Gasteiger partial charge in [0, 0.05) is 10.9 Å². The number of aromatic nitrogens is 1. The lowest BCUT2D eigenvalue weighted by molar-refractivity contribution is -0.126. The molecule has 154 valence electrons. The van der Waals surface area contributed by atoms with Gasteiger partial charge in [-0.15, -0.1) is 11.3 Å². The van der Waals surface area contributed by atoms with Crippen LogP contribution in [0.15, 0.2) is 83.1 Å². The van der Waals surface area contributed by atoms with Crippen LogP contribution in [0.1, 0.15) is 5.56 Å². The van der Waals surface area contributed by atoms with E-state index in [1.165, 1.54) is 28.0 Å². The van der Waals surface area contributed by atoms with Crippen LogP contribution in [-0.2, 0) is 9.59 Å². The maximum atomic E-state index is 12.7. The van der Waals surface area contributed by atoms with Gasteiger partial charge in [-0.2, -0.15) is 0 Å². The van der Waals surface area contributed by atoms with Crippen molar-refractivity contribution >= 4 is 62.7 Å². The first-order valence-corrected chi connectivity index (χ1v) is 11.5. The zero-order chi connectivity index (χ0) is 21.6. The molecule has 1 aliphatic heterocycles. The minimum atomic E-state index is -0.341. The molecule has 4 rings (SSSR count). The number of allylic oxidation sites excluding steroid dienone is 2. The molecule has 1 N–H and O–H groups in total. The number of nitrogens with one attached hydrogen (secondary N) is 1. The van der Waals surface area contributed by atoms with Gasteiger partial charge < -0.3 is 5.32 Å².